The van der Waals surface area contributed by atoms with Gasteiger partial charge in [0.2, 0.25) is 5.91 Å². The quantitative estimate of drug-likeness (QED) is 0.379. The van der Waals surface area contributed by atoms with E-state index < -0.39 is 15.9 Å². The van der Waals surface area contributed by atoms with Gasteiger partial charge in [0, 0.05) is 17.7 Å². The number of amides is 1. The molecule has 0 aromatic heterocycles. The predicted molar refractivity (Wildman–Crippen MR) is 123 cm³/mol. The SMILES string of the molecule is COc1c(C=O)cc(S(=O)(=O)NC(=O)CCCc2ccccc2)cc1-c1cccc(N)c1. The number of hydrogen-bond donors (Lipinski definition) is 2. The number of nitrogens with one attached hydrogen (secondary N) is 1. The van der Waals surface area contributed by atoms with Gasteiger partial charge in [-0.3, -0.25) is 9.59 Å². The molecule has 0 radical (unpaired) electrons. The summed E-state index contributed by atoms with van der Waals surface area (Å²) in [6, 6.07) is 18.9. The Hall–Kier alpha value is -3.65. The molecule has 32 heavy (non-hydrogen) atoms. The number of carbonyl (C=O) groups excluding carboxylic acids is 2. The summed E-state index contributed by atoms with van der Waals surface area (Å²) >= 11 is 0. The molecule has 0 aliphatic heterocycles. The van der Waals surface area contributed by atoms with Crippen molar-refractivity contribution in [3.8, 4) is 16.9 Å². The summed E-state index contributed by atoms with van der Waals surface area (Å²) in [5, 5.41) is 0. The van der Waals surface area contributed by atoms with E-state index in [1.165, 1.54) is 19.2 Å². The minimum atomic E-state index is -4.20. The maximum atomic E-state index is 12.9. The fourth-order valence-corrected chi connectivity index (χ4v) is 4.45. The first-order chi connectivity index (χ1) is 15.3. The summed E-state index contributed by atoms with van der Waals surface area (Å²) in [7, 11) is -2.81. The molecular formula is C24H24N2O5S. The molecule has 1 amide bonds. The Morgan fingerprint density at radius 3 is 2.47 bits per heavy atom. The molecule has 3 aromatic rings. The van der Waals surface area contributed by atoms with E-state index in [9.17, 15) is 18.0 Å². The number of hydrogen-bond acceptors (Lipinski definition) is 6. The number of carbonyl (C=O) groups is 2. The van der Waals surface area contributed by atoms with Crippen LogP contribution in [0.15, 0.2) is 71.6 Å². The topological polar surface area (TPSA) is 116 Å². The molecule has 0 aliphatic carbocycles. The van der Waals surface area contributed by atoms with Crippen molar-refractivity contribution in [1.29, 1.82) is 0 Å². The van der Waals surface area contributed by atoms with Gasteiger partial charge in [-0.2, -0.15) is 0 Å². The molecule has 0 heterocycles. The van der Waals surface area contributed by atoms with Crippen LogP contribution in [0.3, 0.4) is 0 Å². The van der Waals surface area contributed by atoms with E-state index in [1.807, 2.05) is 30.3 Å². The van der Waals surface area contributed by atoms with Crippen LogP contribution in [0.1, 0.15) is 28.8 Å². The number of anilines is 1. The molecule has 3 aromatic carbocycles. The Bertz CT molecular complexity index is 1220. The normalized spacial score (nSPS) is 11.0. The lowest BCUT2D eigenvalue weighted by Crippen LogP contribution is -2.30. The average Bonchev–Trinajstić information content (AvgIpc) is 2.78. The molecule has 0 bridgehead atoms. The molecule has 3 rings (SSSR count). The summed E-state index contributed by atoms with van der Waals surface area (Å²) < 4.78 is 33.2. The smallest absolute Gasteiger partial charge is 0.264 e. The summed E-state index contributed by atoms with van der Waals surface area (Å²) in [5.41, 5.74) is 8.39. The van der Waals surface area contributed by atoms with Crippen LogP contribution in [0, 0.1) is 0 Å². The number of methoxy groups -OCH3 is 1. The highest BCUT2D eigenvalue weighted by Crippen LogP contribution is 2.35. The third kappa shape index (κ3) is 5.53. The first kappa shape index (κ1) is 23.0. The van der Waals surface area contributed by atoms with Crippen molar-refractivity contribution in [2.24, 2.45) is 0 Å². The maximum absolute atomic E-state index is 12.9. The number of benzene rings is 3. The second-order valence-corrected chi connectivity index (χ2v) is 8.89. The molecule has 0 aliphatic rings. The van der Waals surface area contributed by atoms with Crippen LogP contribution in [0.4, 0.5) is 5.69 Å². The maximum Gasteiger partial charge on any atom is 0.264 e. The number of ether oxygens (including phenoxy) is 1. The predicted octanol–water partition coefficient (Wildman–Crippen LogP) is 3.58. The third-order valence-corrected chi connectivity index (χ3v) is 6.24. The van der Waals surface area contributed by atoms with Crippen molar-refractivity contribution in [3.63, 3.8) is 0 Å². The summed E-state index contributed by atoms with van der Waals surface area (Å²) in [6.45, 7) is 0. The molecule has 0 saturated carbocycles. The molecule has 166 valence electrons. The van der Waals surface area contributed by atoms with E-state index in [0.717, 1.165) is 5.56 Å². The standard InChI is InChI=1S/C24H24N2O5S/c1-31-24-19(16-27)14-21(15-22(24)18-10-6-11-20(25)13-18)32(29,30)26-23(28)12-5-9-17-7-3-2-4-8-17/h2-4,6-8,10-11,13-16H,5,9,12,25H2,1H3,(H,26,28). The van der Waals surface area contributed by atoms with Gasteiger partial charge in [-0.15, -0.1) is 0 Å². The van der Waals surface area contributed by atoms with E-state index in [0.29, 0.717) is 35.9 Å². The van der Waals surface area contributed by atoms with E-state index in [2.05, 4.69) is 4.72 Å². The largest absolute Gasteiger partial charge is 0.495 e. The van der Waals surface area contributed by atoms with Crippen molar-refractivity contribution in [3.05, 3.63) is 77.9 Å². The Labute approximate surface area is 187 Å². The molecule has 3 N–H and O–H groups in total. The lowest BCUT2D eigenvalue weighted by atomic mass is 10.0. The van der Waals surface area contributed by atoms with E-state index in [1.54, 1.807) is 24.3 Å². The first-order valence-corrected chi connectivity index (χ1v) is 11.4. The van der Waals surface area contributed by atoms with Crippen LogP contribution < -0.4 is 15.2 Å². The minimum absolute atomic E-state index is 0.0457. The fourth-order valence-electron chi connectivity index (χ4n) is 3.37. The molecule has 7 nitrogen and oxygen atoms in total. The van der Waals surface area contributed by atoms with Gasteiger partial charge in [-0.1, -0.05) is 42.5 Å². The lowest BCUT2D eigenvalue weighted by molar-refractivity contribution is -0.119. The van der Waals surface area contributed by atoms with Gasteiger partial charge in [-0.05, 0) is 48.2 Å². The zero-order chi connectivity index (χ0) is 23.1. The zero-order valence-electron chi connectivity index (χ0n) is 17.6. The van der Waals surface area contributed by atoms with Gasteiger partial charge in [0.25, 0.3) is 10.0 Å². The van der Waals surface area contributed by atoms with Crippen LogP contribution in [0.5, 0.6) is 5.75 Å². The highest BCUT2D eigenvalue weighted by Gasteiger charge is 2.22. The van der Waals surface area contributed by atoms with Gasteiger partial charge >= 0.3 is 0 Å². The number of sulfonamides is 1. The van der Waals surface area contributed by atoms with Gasteiger partial charge < -0.3 is 10.5 Å². The molecule has 0 saturated heterocycles. The van der Waals surface area contributed by atoms with Crippen LogP contribution in [-0.2, 0) is 21.2 Å². The van der Waals surface area contributed by atoms with Gasteiger partial charge in [-0.25, -0.2) is 13.1 Å². The Balaban J connectivity index is 1.84. The van der Waals surface area contributed by atoms with Crippen molar-refractivity contribution in [1.82, 2.24) is 4.72 Å². The molecule has 8 heteroatoms. The molecule has 0 atom stereocenters. The number of nitrogen functional groups attached to an aromatic ring is 1. The van der Waals surface area contributed by atoms with Gasteiger partial charge in [0.1, 0.15) is 5.75 Å². The molecular weight excluding hydrogens is 428 g/mol. The average molecular weight is 453 g/mol. The van der Waals surface area contributed by atoms with Crippen molar-refractivity contribution >= 4 is 27.9 Å². The van der Waals surface area contributed by atoms with E-state index in [-0.39, 0.29) is 22.6 Å². The Morgan fingerprint density at radius 2 is 1.81 bits per heavy atom. The fraction of sp³-hybridized carbons (Fsp3) is 0.167. The number of nitrogens with two attached hydrogens (primary N) is 1. The highest BCUT2D eigenvalue weighted by atomic mass is 32.2. The Kier molecular flexibility index (Phi) is 7.27. The van der Waals surface area contributed by atoms with Gasteiger partial charge in [0.15, 0.2) is 6.29 Å². The second-order valence-electron chi connectivity index (χ2n) is 7.20. The highest BCUT2D eigenvalue weighted by molar-refractivity contribution is 7.90. The summed E-state index contributed by atoms with van der Waals surface area (Å²) in [5.74, 6) is -0.395. The van der Waals surface area contributed by atoms with E-state index in [4.69, 9.17) is 10.5 Å². The van der Waals surface area contributed by atoms with Crippen LogP contribution >= 0.6 is 0 Å². The minimum Gasteiger partial charge on any atom is -0.495 e. The van der Waals surface area contributed by atoms with Crippen LogP contribution in [0.2, 0.25) is 0 Å². The second kappa shape index (κ2) is 10.1. The summed E-state index contributed by atoms with van der Waals surface area (Å²) in [6.07, 6.45) is 1.72. The van der Waals surface area contributed by atoms with Crippen LogP contribution in [0.25, 0.3) is 11.1 Å². The summed E-state index contributed by atoms with van der Waals surface area (Å²) in [4.78, 5) is 23.7. The van der Waals surface area contributed by atoms with E-state index >= 15 is 0 Å². The third-order valence-electron chi connectivity index (χ3n) is 4.89. The van der Waals surface area contributed by atoms with Crippen LogP contribution in [-0.4, -0.2) is 27.7 Å². The molecule has 0 spiro atoms. The monoisotopic (exact) mass is 452 g/mol. The van der Waals surface area contributed by atoms with Gasteiger partial charge in [0.05, 0.1) is 17.6 Å². The number of aldehydes is 1. The van der Waals surface area contributed by atoms with Crippen molar-refractivity contribution < 1.29 is 22.7 Å². The molecule has 0 fully saturated rings. The molecule has 0 unspecified atom stereocenters. The lowest BCUT2D eigenvalue weighted by Gasteiger charge is -2.15. The van der Waals surface area contributed by atoms with Crippen molar-refractivity contribution in [2.45, 2.75) is 24.2 Å². The Morgan fingerprint density at radius 1 is 1.06 bits per heavy atom. The first-order valence-electron chi connectivity index (χ1n) is 9.96. The van der Waals surface area contributed by atoms with Crippen molar-refractivity contribution in [2.75, 3.05) is 12.8 Å². The zero-order valence-corrected chi connectivity index (χ0v) is 18.4. The number of aryl methyl sites for hydroxylation is 1. The number of rotatable bonds is 9.